The molecular weight excluding hydrogens is 172 g/mol. The van der Waals surface area contributed by atoms with Crippen molar-refractivity contribution < 1.29 is 4.74 Å². The van der Waals surface area contributed by atoms with Crippen LogP contribution in [0.25, 0.3) is 5.57 Å². The van der Waals surface area contributed by atoms with Gasteiger partial charge in [-0.2, -0.15) is 0 Å². The van der Waals surface area contributed by atoms with E-state index in [4.69, 9.17) is 4.74 Å². The lowest BCUT2D eigenvalue weighted by atomic mass is 9.91. The van der Waals surface area contributed by atoms with Crippen LogP contribution < -0.4 is 0 Å². The first-order valence-corrected chi connectivity index (χ1v) is 4.90. The van der Waals surface area contributed by atoms with Crippen LogP contribution in [0.3, 0.4) is 0 Å². The van der Waals surface area contributed by atoms with Gasteiger partial charge < -0.3 is 4.74 Å². The number of ether oxygens (including phenoxy) is 1. The first kappa shape index (κ1) is 9.07. The van der Waals surface area contributed by atoms with E-state index in [2.05, 4.69) is 24.8 Å². The number of hydrogen-bond acceptors (Lipinski definition) is 1. The molecule has 1 aromatic rings. The molecule has 1 aromatic carbocycles. The second-order valence-corrected chi connectivity index (χ2v) is 3.49. The molecule has 72 valence electrons. The highest BCUT2D eigenvalue weighted by atomic mass is 16.5. The lowest BCUT2D eigenvalue weighted by Gasteiger charge is -2.19. The van der Waals surface area contributed by atoms with Gasteiger partial charge in [0.15, 0.2) is 0 Å². The summed E-state index contributed by atoms with van der Waals surface area (Å²) in [5.74, 6) is 0.436. The summed E-state index contributed by atoms with van der Waals surface area (Å²) in [5, 5.41) is 0. The molecule has 1 atom stereocenters. The third-order valence-corrected chi connectivity index (χ3v) is 2.55. The summed E-state index contributed by atoms with van der Waals surface area (Å²) in [4.78, 5) is 0. The predicted molar refractivity (Wildman–Crippen MR) is 58.7 cm³/mol. The van der Waals surface area contributed by atoms with Gasteiger partial charge >= 0.3 is 0 Å². The van der Waals surface area contributed by atoms with Gasteiger partial charge in [0.05, 0.1) is 12.9 Å². The third kappa shape index (κ3) is 1.87. The number of rotatable bonds is 2. The molecule has 0 aliphatic carbocycles. The van der Waals surface area contributed by atoms with Crippen molar-refractivity contribution in [1.29, 1.82) is 0 Å². The molecule has 14 heavy (non-hydrogen) atoms. The number of allylic oxidation sites excluding steroid dienone is 2. The molecule has 0 unspecified atom stereocenters. The molecule has 1 heterocycles. The van der Waals surface area contributed by atoms with E-state index in [-0.39, 0.29) is 0 Å². The molecule has 1 aliphatic rings. The smallest absolute Gasteiger partial charge is 0.0882 e. The molecular formula is C13H14O. The lowest BCUT2D eigenvalue weighted by molar-refractivity contribution is 0.220. The van der Waals surface area contributed by atoms with Gasteiger partial charge in [-0.25, -0.2) is 0 Å². The Labute approximate surface area is 84.7 Å². The molecule has 0 bridgehead atoms. The Kier molecular flexibility index (Phi) is 2.68. The van der Waals surface area contributed by atoms with E-state index >= 15 is 0 Å². The van der Waals surface area contributed by atoms with Crippen molar-refractivity contribution in [3.8, 4) is 0 Å². The van der Waals surface area contributed by atoms with Gasteiger partial charge in [-0.3, -0.25) is 0 Å². The minimum absolute atomic E-state index is 0.436. The lowest BCUT2D eigenvalue weighted by Crippen LogP contribution is -2.07. The summed E-state index contributed by atoms with van der Waals surface area (Å²) in [6.45, 7) is 4.94. The fourth-order valence-electron chi connectivity index (χ4n) is 1.67. The van der Waals surface area contributed by atoms with Crippen LogP contribution in [-0.4, -0.2) is 6.61 Å². The first-order chi connectivity index (χ1) is 6.88. The highest BCUT2D eigenvalue weighted by Gasteiger charge is 2.13. The van der Waals surface area contributed by atoms with Crippen molar-refractivity contribution in [2.45, 2.75) is 6.42 Å². The van der Waals surface area contributed by atoms with E-state index in [1.54, 1.807) is 6.26 Å². The van der Waals surface area contributed by atoms with Crippen molar-refractivity contribution in [1.82, 2.24) is 0 Å². The number of hydrogen-bond donors (Lipinski definition) is 0. The van der Waals surface area contributed by atoms with Crippen LogP contribution in [0.5, 0.6) is 0 Å². The zero-order chi connectivity index (χ0) is 9.80. The number of benzene rings is 1. The Morgan fingerprint density at radius 1 is 1.29 bits per heavy atom. The van der Waals surface area contributed by atoms with Gasteiger partial charge in [-0.15, -0.1) is 0 Å². The van der Waals surface area contributed by atoms with Crippen LogP contribution in [0.4, 0.5) is 0 Å². The molecule has 0 saturated heterocycles. The zero-order valence-electron chi connectivity index (χ0n) is 8.15. The van der Waals surface area contributed by atoms with E-state index in [1.165, 1.54) is 11.1 Å². The summed E-state index contributed by atoms with van der Waals surface area (Å²) < 4.78 is 5.16. The molecule has 0 radical (unpaired) electrons. The van der Waals surface area contributed by atoms with Crippen molar-refractivity contribution in [2.75, 3.05) is 6.61 Å². The van der Waals surface area contributed by atoms with E-state index < -0.39 is 0 Å². The van der Waals surface area contributed by atoms with E-state index in [9.17, 15) is 0 Å². The Hall–Kier alpha value is -1.50. The van der Waals surface area contributed by atoms with Crippen molar-refractivity contribution >= 4 is 5.57 Å². The van der Waals surface area contributed by atoms with Crippen LogP contribution in [0.1, 0.15) is 12.0 Å². The monoisotopic (exact) mass is 186 g/mol. The maximum Gasteiger partial charge on any atom is 0.0882 e. The fourth-order valence-corrected chi connectivity index (χ4v) is 1.67. The van der Waals surface area contributed by atoms with E-state index in [0.717, 1.165) is 13.0 Å². The first-order valence-electron chi connectivity index (χ1n) is 4.90. The molecule has 0 amide bonds. The largest absolute Gasteiger partial charge is 0.501 e. The van der Waals surface area contributed by atoms with Gasteiger partial charge in [0.1, 0.15) is 0 Å². The second kappa shape index (κ2) is 4.14. The zero-order valence-corrected chi connectivity index (χ0v) is 8.15. The maximum absolute atomic E-state index is 5.16. The highest BCUT2D eigenvalue weighted by molar-refractivity contribution is 5.66. The molecule has 2 rings (SSSR count). The second-order valence-electron chi connectivity index (χ2n) is 3.49. The fraction of sp³-hybridized carbons (Fsp3) is 0.231. The maximum atomic E-state index is 5.16. The minimum atomic E-state index is 0.436. The molecule has 1 heteroatoms. The van der Waals surface area contributed by atoms with Crippen LogP contribution in [0.15, 0.2) is 49.2 Å². The summed E-state index contributed by atoms with van der Waals surface area (Å²) in [6.07, 6.45) is 4.89. The summed E-state index contributed by atoms with van der Waals surface area (Å²) in [7, 11) is 0. The van der Waals surface area contributed by atoms with Crippen LogP contribution in [-0.2, 0) is 4.74 Å². The Morgan fingerprint density at radius 2 is 2.07 bits per heavy atom. The quantitative estimate of drug-likeness (QED) is 0.689. The molecule has 0 N–H and O–H groups in total. The third-order valence-electron chi connectivity index (χ3n) is 2.55. The van der Waals surface area contributed by atoms with E-state index in [1.807, 2.05) is 18.2 Å². The summed E-state index contributed by atoms with van der Waals surface area (Å²) in [6, 6.07) is 10.3. The van der Waals surface area contributed by atoms with Crippen molar-refractivity contribution in [3.05, 3.63) is 54.8 Å². The van der Waals surface area contributed by atoms with Gasteiger partial charge in [0.2, 0.25) is 0 Å². The Morgan fingerprint density at radius 3 is 2.71 bits per heavy atom. The minimum Gasteiger partial charge on any atom is -0.501 e. The summed E-state index contributed by atoms with van der Waals surface area (Å²) >= 11 is 0. The SMILES string of the molecule is C=C(c1ccccc1)[C@@H]1C=COCC1. The van der Waals surface area contributed by atoms with E-state index in [0.29, 0.717) is 5.92 Å². The topological polar surface area (TPSA) is 9.23 Å². The molecule has 0 saturated carbocycles. The highest BCUT2D eigenvalue weighted by Crippen LogP contribution is 2.27. The average molecular weight is 186 g/mol. The van der Waals surface area contributed by atoms with Gasteiger partial charge in [-0.05, 0) is 23.6 Å². The van der Waals surface area contributed by atoms with Crippen LogP contribution >= 0.6 is 0 Å². The van der Waals surface area contributed by atoms with Crippen molar-refractivity contribution in [2.24, 2.45) is 5.92 Å². The average Bonchev–Trinajstić information content (AvgIpc) is 2.30. The Bertz CT molecular complexity index is 338. The molecule has 1 aliphatic heterocycles. The van der Waals surface area contributed by atoms with Gasteiger partial charge in [-0.1, -0.05) is 36.9 Å². The standard InChI is InChI=1S/C13H14O/c1-11(12-5-3-2-4-6-12)13-7-9-14-10-8-13/h2-7,9,13H,1,8,10H2/t13-/m1/s1. The predicted octanol–water partition coefficient (Wildman–Crippen LogP) is 3.25. The molecule has 1 nitrogen and oxygen atoms in total. The normalized spacial score (nSPS) is 20.1. The van der Waals surface area contributed by atoms with Gasteiger partial charge in [0.25, 0.3) is 0 Å². The van der Waals surface area contributed by atoms with Gasteiger partial charge in [0, 0.05) is 5.92 Å². The summed E-state index contributed by atoms with van der Waals surface area (Å²) in [5.41, 5.74) is 2.41. The molecule has 0 spiro atoms. The van der Waals surface area contributed by atoms with Crippen LogP contribution in [0, 0.1) is 5.92 Å². The van der Waals surface area contributed by atoms with Crippen LogP contribution in [0.2, 0.25) is 0 Å². The molecule has 0 aromatic heterocycles. The molecule has 0 fully saturated rings. The van der Waals surface area contributed by atoms with Crippen molar-refractivity contribution in [3.63, 3.8) is 0 Å². The Balaban J connectivity index is 2.16.